The summed E-state index contributed by atoms with van der Waals surface area (Å²) in [5.41, 5.74) is 0.792. The van der Waals surface area contributed by atoms with E-state index in [0.29, 0.717) is 5.89 Å². The van der Waals surface area contributed by atoms with Gasteiger partial charge in [-0.25, -0.2) is 0 Å². The molecule has 0 saturated heterocycles. The predicted octanol–water partition coefficient (Wildman–Crippen LogP) is 4.23. The molecule has 0 radical (unpaired) electrons. The Bertz CT molecular complexity index is 791. The molecule has 0 saturated carbocycles. The highest BCUT2D eigenvalue weighted by Crippen LogP contribution is 2.22. The van der Waals surface area contributed by atoms with Crippen LogP contribution in [0.25, 0.3) is 11.5 Å². The first-order chi connectivity index (χ1) is 11.2. The predicted molar refractivity (Wildman–Crippen MR) is 93.2 cm³/mol. The summed E-state index contributed by atoms with van der Waals surface area (Å²) in [7, 11) is 0. The molecule has 0 fully saturated rings. The van der Waals surface area contributed by atoms with Crippen molar-refractivity contribution in [2.45, 2.75) is 4.90 Å². The van der Waals surface area contributed by atoms with Gasteiger partial charge in [0.05, 0.1) is 5.75 Å². The Labute approximate surface area is 145 Å². The number of aromatic nitrogens is 2. The minimum atomic E-state index is -0.190. The lowest BCUT2D eigenvalue weighted by Gasteiger charge is -2.01. The highest BCUT2D eigenvalue weighted by Gasteiger charge is 2.11. The normalized spacial score (nSPS) is 10.5. The summed E-state index contributed by atoms with van der Waals surface area (Å²) >= 11 is 4.81. The molecule has 116 valence electrons. The Kier molecular flexibility index (Phi) is 5.09. The first-order valence-electron chi connectivity index (χ1n) is 6.78. The van der Waals surface area contributed by atoms with Crippen LogP contribution in [0.2, 0.25) is 0 Å². The quantitative estimate of drug-likeness (QED) is 0.661. The molecular formula is C16H12BrN3O2S. The second kappa shape index (κ2) is 7.43. The lowest BCUT2D eigenvalue weighted by Crippen LogP contribution is -2.14. The fourth-order valence-corrected chi connectivity index (χ4v) is 2.79. The third-order valence-electron chi connectivity index (χ3n) is 2.88. The maximum atomic E-state index is 11.9. The van der Waals surface area contributed by atoms with Crippen LogP contribution in [0, 0.1) is 0 Å². The van der Waals surface area contributed by atoms with Crippen LogP contribution in [-0.4, -0.2) is 21.9 Å². The summed E-state index contributed by atoms with van der Waals surface area (Å²) in [4.78, 5) is 12.9. The van der Waals surface area contributed by atoms with Gasteiger partial charge >= 0.3 is 6.01 Å². The first-order valence-corrected chi connectivity index (χ1v) is 8.56. The highest BCUT2D eigenvalue weighted by molar-refractivity contribution is 9.10. The number of thioether (sulfide) groups is 1. The van der Waals surface area contributed by atoms with E-state index >= 15 is 0 Å². The van der Waals surface area contributed by atoms with Crippen LogP contribution in [0.3, 0.4) is 0 Å². The van der Waals surface area contributed by atoms with E-state index in [0.717, 1.165) is 14.9 Å². The second-order valence-corrected chi connectivity index (χ2v) is 6.53. The molecule has 7 heteroatoms. The minimum Gasteiger partial charge on any atom is -0.403 e. The molecule has 3 aromatic rings. The molecule has 0 atom stereocenters. The molecule has 0 aliphatic heterocycles. The van der Waals surface area contributed by atoms with Gasteiger partial charge in [0.2, 0.25) is 11.8 Å². The summed E-state index contributed by atoms with van der Waals surface area (Å²) in [6.07, 6.45) is 0. The molecule has 1 aromatic heterocycles. The summed E-state index contributed by atoms with van der Waals surface area (Å²) in [5.74, 6) is 0.452. The molecule has 0 aliphatic rings. The second-order valence-electron chi connectivity index (χ2n) is 4.57. The van der Waals surface area contributed by atoms with E-state index in [1.165, 1.54) is 11.8 Å². The number of carbonyl (C=O) groups excluding carboxylic acids is 1. The van der Waals surface area contributed by atoms with Crippen LogP contribution < -0.4 is 5.32 Å². The summed E-state index contributed by atoms with van der Waals surface area (Å²) in [6.45, 7) is 0. The molecule has 23 heavy (non-hydrogen) atoms. The minimum absolute atomic E-state index is 0.0987. The van der Waals surface area contributed by atoms with Crippen molar-refractivity contribution in [1.82, 2.24) is 10.2 Å². The van der Waals surface area contributed by atoms with Gasteiger partial charge in [-0.05, 0) is 36.4 Å². The molecule has 5 nitrogen and oxygen atoms in total. The molecule has 1 heterocycles. The van der Waals surface area contributed by atoms with E-state index in [1.807, 2.05) is 54.6 Å². The van der Waals surface area contributed by atoms with E-state index in [-0.39, 0.29) is 17.7 Å². The number of nitrogens with one attached hydrogen (secondary N) is 1. The van der Waals surface area contributed by atoms with E-state index < -0.39 is 0 Å². The van der Waals surface area contributed by atoms with Crippen molar-refractivity contribution in [2.24, 2.45) is 0 Å². The van der Waals surface area contributed by atoms with E-state index in [9.17, 15) is 4.79 Å². The van der Waals surface area contributed by atoms with Crippen molar-refractivity contribution in [3.8, 4) is 11.5 Å². The Balaban J connectivity index is 1.58. The topological polar surface area (TPSA) is 68.0 Å². The van der Waals surface area contributed by atoms with Gasteiger partial charge in [0.1, 0.15) is 0 Å². The molecule has 3 rings (SSSR count). The fraction of sp³-hybridized carbons (Fsp3) is 0.0625. The number of rotatable bonds is 5. The number of nitrogens with zero attached hydrogens (tertiary/aromatic N) is 2. The Morgan fingerprint density at radius 2 is 1.83 bits per heavy atom. The molecule has 1 amide bonds. The summed E-state index contributed by atoms with van der Waals surface area (Å²) < 4.78 is 6.42. The summed E-state index contributed by atoms with van der Waals surface area (Å²) in [6, 6.07) is 17.3. The Morgan fingerprint density at radius 3 is 2.57 bits per heavy atom. The number of hydrogen-bond acceptors (Lipinski definition) is 5. The van der Waals surface area contributed by atoms with Crippen LogP contribution in [0.4, 0.5) is 6.01 Å². The van der Waals surface area contributed by atoms with Crippen LogP contribution in [0.5, 0.6) is 0 Å². The average molecular weight is 390 g/mol. The van der Waals surface area contributed by atoms with Crippen molar-refractivity contribution in [3.63, 3.8) is 0 Å². The third-order valence-corrected chi connectivity index (χ3v) is 4.42. The Morgan fingerprint density at radius 1 is 1.09 bits per heavy atom. The zero-order valence-electron chi connectivity index (χ0n) is 11.9. The molecule has 0 spiro atoms. The maximum absolute atomic E-state index is 11.9. The fourth-order valence-electron chi connectivity index (χ4n) is 1.80. The van der Waals surface area contributed by atoms with Crippen molar-refractivity contribution in [2.75, 3.05) is 11.1 Å². The molecule has 2 aromatic carbocycles. The van der Waals surface area contributed by atoms with Gasteiger partial charge in [-0.15, -0.1) is 16.9 Å². The van der Waals surface area contributed by atoms with Crippen LogP contribution >= 0.6 is 27.7 Å². The largest absolute Gasteiger partial charge is 0.403 e. The van der Waals surface area contributed by atoms with Crippen LogP contribution in [0.1, 0.15) is 0 Å². The molecule has 1 N–H and O–H groups in total. The number of carbonyl (C=O) groups is 1. The maximum Gasteiger partial charge on any atom is 0.322 e. The van der Waals surface area contributed by atoms with Gasteiger partial charge in [0.25, 0.3) is 0 Å². The third kappa shape index (κ3) is 4.43. The number of hydrogen-bond donors (Lipinski definition) is 1. The van der Waals surface area contributed by atoms with Crippen molar-refractivity contribution in [1.29, 1.82) is 0 Å². The van der Waals surface area contributed by atoms with E-state index in [4.69, 9.17) is 4.42 Å². The number of anilines is 1. The average Bonchev–Trinajstić information content (AvgIpc) is 3.03. The smallest absolute Gasteiger partial charge is 0.322 e. The van der Waals surface area contributed by atoms with Gasteiger partial charge in [-0.2, -0.15) is 0 Å². The van der Waals surface area contributed by atoms with E-state index in [2.05, 4.69) is 31.4 Å². The SMILES string of the molecule is O=C(CSc1ccccc1)Nc1nnc(-c2ccc(Br)cc2)o1. The van der Waals surface area contributed by atoms with Gasteiger partial charge < -0.3 is 4.42 Å². The zero-order valence-corrected chi connectivity index (χ0v) is 14.3. The monoisotopic (exact) mass is 389 g/mol. The lowest BCUT2D eigenvalue weighted by atomic mass is 10.2. The highest BCUT2D eigenvalue weighted by atomic mass is 79.9. The number of amides is 1. The van der Waals surface area contributed by atoms with Crippen molar-refractivity contribution in [3.05, 3.63) is 59.1 Å². The van der Waals surface area contributed by atoms with Gasteiger partial charge in [0.15, 0.2) is 0 Å². The van der Waals surface area contributed by atoms with Gasteiger partial charge in [-0.3, -0.25) is 10.1 Å². The van der Waals surface area contributed by atoms with Gasteiger partial charge in [-0.1, -0.05) is 39.2 Å². The van der Waals surface area contributed by atoms with Gasteiger partial charge in [0, 0.05) is 14.9 Å². The number of halogens is 1. The lowest BCUT2D eigenvalue weighted by molar-refractivity contribution is -0.113. The van der Waals surface area contributed by atoms with Crippen molar-refractivity contribution < 1.29 is 9.21 Å². The molecule has 0 aliphatic carbocycles. The zero-order chi connectivity index (χ0) is 16.1. The standard InChI is InChI=1S/C16H12BrN3O2S/c17-12-8-6-11(7-9-12)15-19-20-16(22-15)18-14(21)10-23-13-4-2-1-3-5-13/h1-9H,10H2,(H,18,20,21). The molecule has 0 bridgehead atoms. The number of benzene rings is 2. The molecule has 0 unspecified atom stereocenters. The first kappa shape index (κ1) is 15.8. The van der Waals surface area contributed by atoms with E-state index in [1.54, 1.807) is 0 Å². The molecular weight excluding hydrogens is 378 g/mol. The van der Waals surface area contributed by atoms with Crippen LogP contribution in [-0.2, 0) is 4.79 Å². The van der Waals surface area contributed by atoms with Crippen molar-refractivity contribution >= 4 is 39.6 Å². The Hall–Kier alpha value is -2.12. The summed E-state index contributed by atoms with van der Waals surface area (Å²) in [5, 5.41) is 10.4. The van der Waals surface area contributed by atoms with Crippen LogP contribution in [0.15, 0.2) is 68.4 Å².